The molecule has 1 N–H and O–H groups in total. The highest BCUT2D eigenvalue weighted by Crippen LogP contribution is 2.25. The number of nitrogens with zero attached hydrogens (tertiary/aromatic N) is 2. The fourth-order valence-electron chi connectivity index (χ4n) is 2.44. The fraction of sp³-hybridized carbons (Fsp3) is 0.111. The second-order valence-electron chi connectivity index (χ2n) is 4.94. The summed E-state index contributed by atoms with van der Waals surface area (Å²) < 4.78 is 13.6. The fourth-order valence-corrected chi connectivity index (χ4v) is 2.44. The van der Waals surface area contributed by atoms with Gasteiger partial charge in [-0.3, -0.25) is 4.98 Å². The van der Waals surface area contributed by atoms with E-state index < -0.39 is 0 Å². The van der Waals surface area contributed by atoms with Crippen LogP contribution < -0.4 is 5.32 Å². The SMILES string of the molecule is N#Cc1cnc2ccccc2c1NCCc1ccccc1F. The summed E-state index contributed by atoms with van der Waals surface area (Å²) in [5.74, 6) is -0.204. The number of fused-ring (bicyclic) bond motifs is 1. The smallest absolute Gasteiger partial charge is 0.126 e. The van der Waals surface area contributed by atoms with Crippen LogP contribution in [0.4, 0.5) is 10.1 Å². The first kappa shape index (κ1) is 14.0. The van der Waals surface area contributed by atoms with Crippen molar-refractivity contribution in [2.75, 3.05) is 11.9 Å². The number of nitriles is 1. The molecule has 3 nitrogen and oxygen atoms in total. The maximum absolute atomic E-state index is 13.6. The van der Waals surface area contributed by atoms with Gasteiger partial charge in [0, 0.05) is 18.1 Å². The van der Waals surface area contributed by atoms with Crippen molar-refractivity contribution in [3.63, 3.8) is 0 Å². The lowest BCUT2D eigenvalue weighted by molar-refractivity contribution is 0.610. The van der Waals surface area contributed by atoms with Crippen LogP contribution in [0, 0.1) is 17.1 Å². The first-order chi connectivity index (χ1) is 10.8. The number of pyridine rings is 1. The minimum Gasteiger partial charge on any atom is -0.383 e. The van der Waals surface area contributed by atoms with Crippen molar-refractivity contribution in [1.29, 1.82) is 5.26 Å². The predicted molar refractivity (Wildman–Crippen MR) is 85.1 cm³/mol. The third kappa shape index (κ3) is 2.75. The molecule has 0 saturated carbocycles. The Morgan fingerprint density at radius 2 is 1.86 bits per heavy atom. The topological polar surface area (TPSA) is 48.7 Å². The predicted octanol–water partition coefficient (Wildman–Crippen LogP) is 3.90. The molecule has 0 atom stereocenters. The molecule has 0 bridgehead atoms. The molecule has 0 aliphatic carbocycles. The highest BCUT2D eigenvalue weighted by Gasteiger charge is 2.08. The molecule has 3 aromatic rings. The number of rotatable bonds is 4. The summed E-state index contributed by atoms with van der Waals surface area (Å²) in [6, 6.07) is 16.5. The van der Waals surface area contributed by atoms with Crippen LogP contribution in [0.25, 0.3) is 10.9 Å². The summed E-state index contributed by atoms with van der Waals surface area (Å²) >= 11 is 0. The molecule has 0 fully saturated rings. The lowest BCUT2D eigenvalue weighted by Gasteiger charge is -2.11. The Morgan fingerprint density at radius 1 is 1.09 bits per heavy atom. The lowest BCUT2D eigenvalue weighted by atomic mass is 10.1. The van der Waals surface area contributed by atoms with E-state index in [4.69, 9.17) is 0 Å². The van der Waals surface area contributed by atoms with Gasteiger partial charge in [0.25, 0.3) is 0 Å². The van der Waals surface area contributed by atoms with Gasteiger partial charge in [-0.15, -0.1) is 0 Å². The monoisotopic (exact) mass is 291 g/mol. The molecule has 1 heterocycles. The second-order valence-corrected chi connectivity index (χ2v) is 4.94. The third-order valence-corrected chi connectivity index (χ3v) is 3.55. The Kier molecular flexibility index (Phi) is 3.97. The molecule has 0 spiro atoms. The van der Waals surface area contributed by atoms with E-state index >= 15 is 0 Å². The minimum absolute atomic E-state index is 0.204. The van der Waals surface area contributed by atoms with Crippen LogP contribution in [0.3, 0.4) is 0 Å². The maximum Gasteiger partial charge on any atom is 0.126 e. The van der Waals surface area contributed by atoms with Crippen molar-refractivity contribution in [2.24, 2.45) is 0 Å². The number of para-hydroxylation sites is 1. The Morgan fingerprint density at radius 3 is 2.68 bits per heavy atom. The van der Waals surface area contributed by atoms with E-state index in [0.717, 1.165) is 16.6 Å². The van der Waals surface area contributed by atoms with Gasteiger partial charge in [0.15, 0.2) is 0 Å². The van der Waals surface area contributed by atoms with E-state index in [1.54, 1.807) is 18.3 Å². The average Bonchev–Trinajstić information content (AvgIpc) is 2.56. The highest BCUT2D eigenvalue weighted by molar-refractivity contribution is 5.93. The molecular formula is C18H14FN3. The molecule has 4 heteroatoms. The zero-order valence-corrected chi connectivity index (χ0v) is 11.9. The van der Waals surface area contributed by atoms with Gasteiger partial charge in [0.05, 0.1) is 16.8 Å². The summed E-state index contributed by atoms with van der Waals surface area (Å²) in [7, 11) is 0. The number of hydrogen-bond acceptors (Lipinski definition) is 3. The van der Waals surface area contributed by atoms with Crippen LogP contribution in [0.2, 0.25) is 0 Å². The van der Waals surface area contributed by atoms with E-state index in [1.165, 1.54) is 6.07 Å². The third-order valence-electron chi connectivity index (χ3n) is 3.55. The normalized spacial score (nSPS) is 10.4. The van der Waals surface area contributed by atoms with Crippen molar-refractivity contribution >= 4 is 16.6 Å². The maximum atomic E-state index is 13.6. The minimum atomic E-state index is -0.204. The van der Waals surface area contributed by atoms with Gasteiger partial charge in [-0.05, 0) is 24.1 Å². The molecule has 0 amide bonds. The Labute approximate surface area is 128 Å². The second kappa shape index (κ2) is 6.23. The summed E-state index contributed by atoms with van der Waals surface area (Å²) in [5.41, 5.74) is 2.73. The van der Waals surface area contributed by atoms with E-state index in [9.17, 15) is 9.65 Å². The first-order valence-electron chi connectivity index (χ1n) is 7.04. The summed E-state index contributed by atoms with van der Waals surface area (Å²) in [5, 5.41) is 13.4. The number of anilines is 1. The number of nitrogens with one attached hydrogen (secondary N) is 1. The van der Waals surface area contributed by atoms with Crippen LogP contribution in [-0.2, 0) is 6.42 Å². The van der Waals surface area contributed by atoms with Crippen molar-refractivity contribution in [2.45, 2.75) is 6.42 Å². The first-order valence-corrected chi connectivity index (χ1v) is 7.04. The quantitative estimate of drug-likeness (QED) is 0.793. The van der Waals surface area contributed by atoms with Crippen LogP contribution in [0.15, 0.2) is 54.7 Å². The number of benzene rings is 2. The van der Waals surface area contributed by atoms with Gasteiger partial charge in [-0.25, -0.2) is 4.39 Å². The highest BCUT2D eigenvalue weighted by atomic mass is 19.1. The molecule has 0 radical (unpaired) electrons. The van der Waals surface area contributed by atoms with Gasteiger partial charge in [0.1, 0.15) is 11.9 Å². The van der Waals surface area contributed by atoms with Gasteiger partial charge >= 0.3 is 0 Å². The zero-order valence-electron chi connectivity index (χ0n) is 11.9. The molecule has 3 rings (SSSR count). The zero-order chi connectivity index (χ0) is 15.4. The van der Waals surface area contributed by atoms with Crippen molar-refractivity contribution in [3.8, 4) is 6.07 Å². The molecule has 1 aromatic heterocycles. The molecule has 2 aromatic carbocycles. The molecule has 0 aliphatic heterocycles. The summed E-state index contributed by atoms with van der Waals surface area (Å²) in [6.45, 7) is 0.545. The largest absolute Gasteiger partial charge is 0.383 e. The molecular weight excluding hydrogens is 277 g/mol. The van der Waals surface area contributed by atoms with Crippen molar-refractivity contribution in [1.82, 2.24) is 4.98 Å². The van der Waals surface area contributed by atoms with E-state index in [1.807, 2.05) is 30.3 Å². The van der Waals surface area contributed by atoms with Crippen LogP contribution in [-0.4, -0.2) is 11.5 Å². The molecule has 0 unspecified atom stereocenters. The van der Waals surface area contributed by atoms with E-state index in [2.05, 4.69) is 16.4 Å². The van der Waals surface area contributed by atoms with E-state index in [0.29, 0.717) is 24.1 Å². The standard InChI is InChI=1S/C18H14FN3/c19-16-7-3-1-5-13(16)9-10-21-18-14(11-20)12-22-17-8-4-2-6-15(17)18/h1-8,12H,9-10H2,(H,21,22). The Balaban J connectivity index is 1.84. The number of aromatic nitrogens is 1. The van der Waals surface area contributed by atoms with Gasteiger partial charge in [-0.2, -0.15) is 5.26 Å². The van der Waals surface area contributed by atoms with Crippen LogP contribution in [0.1, 0.15) is 11.1 Å². The molecule has 22 heavy (non-hydrogen) atoms. The van der Waals surface area contributed by atoms with Gasteiger partial charge in [-0.1, -0.05) is 36.4 Å². The summed E-state index contributed by atoms with van der Waals surface area (Å²) in [6.07, 6.45) is 2.11. The average molecular weight is 291 g/mol. The van der Waals surface area contributed by atoms with Crippen molar-refractivity contribution < 1.29 is 4.39 Å². The molecule has 0 aliphatic rings. The van der Waals surface area contributed by atoms with Gasteiger partial charge < -0.3 is 5.32 Å². The molecule has 108 valence electrons. The summed E-state index contributed by atoms with van der Waals surface area (Å²) in [4.78, 5) is 4.27. The van der Waals surface area contributed by atoms with E-state index in [-0.39, 0.29) is 5.82 Å². The number of halogens is 1. The Bertz CT molecular complexity index is 852. The Hall–Kier alpha value is -2.93. The molecule has 0 saturated heterocycles. The van der Waals surface area contributed by atoms with Crippen LogP contribution >= 0.6 is 0 Å². The van der Waals surface area contributed by atoms with Crippen molar-refractivity contribution in [3.05, 3.63) is 71.7 Å². The van der Waals surface area contributed by atoms with Gasteiger partial charge in [0.2, 0.25) is 0 Å². The van der Waals surface area contributed by atoms with Crippen LogP contribution in [0.5, 0.6) is 0 Å². The lowest BCUT2D eigenvalue weighted by Crippen LogP contribution is -2.08. The number of hydrogen-bond donors (Lipinski definition) is 1.